The molecule has 0 bridgehead atoms. The molecule has 0 spiro atoms. The number of hydrogen-bond donors (Lipinski definition) is 3. The lowest BCUT2D eigenvalue weighted by molar-refractivity contribution is 0.0492. The topological polar surface area (TPSA) is 144 Å². The summed E-state index contributed by atoms with van der Waals surface area (Å²) in [4.78, 5) is 25.0. The molecule has 1 amide bonds. The number of pyridine rings is 1. The second-order valence-corrected chi connectivity index (χ2v) is 13.4. The molecule has 0 aliphatic heterocycles. The van der Waals surface area contributed by atoms with Gasteiger partial charge < -0.3 is 20.1 Å². The van der Waals surface area contributed by atoms with Crippen LogP contribution in [0.1, 0.15) is 59.8 Å². The van der Waals surface area contributed by atoms with Crippen LogP contribution in [0.3, 0.4) is 0 Å². The minimum absolute atomic E-state index is 0.0291. The fourth-order valence-electron chi connectivity index (χ4n) is 4.49. The first-order valence-corrected chi connectivity index (χ1v) is 15.9. The molecular formula is C29H36ClFN6O5S. The Labute approximate surface area is 256 Å². The second kappa shape index (κ2) is 13.8. The predicted octanol–water partition coefficient (Wildman–Crippen LogP) is 6.06. The summed E-state index contributed by atoms with van der Waals surface area (Å²) < 4.78 is 53.5. The zero-order valence-electron chi connectivity index (χ0n) is 24.5. The van der Waals surface area contributed by atoms with Crippen LogP contribution < -0.4 is 20.1 Å². The van der Waals surface area contributed by atoms with E-state index in [4.69, 9.17) is 21.1 Å². The maximum atomic E-state index is 15.1. The molecule has 4 rings (SSSR count). The second-order valence-electron chi connectivity index (χ2n) is 11.2. The first-order valence-electron chi connectivity index (χ1n) is 14.1. The van der Waals surface area contributed by atoms with Crippen molar-refractivity contribution >= 4 is 33.7 Å². The smallest absolute Gasteiger partial charge is 0.407 e. The van der Waals surface area contributed by atoms with Crippen LogP contribution in [0.2, 0.25) is 5.02 Å². The van der Waals surface area contributed by atoms with Crippen molar-refractivity contribution in [1.82, 2.24) is 25.0 Å². The van der Waals surface area contributed by atoms with E-state index < -0.39 is 27.5 Å². The molecule has 1 aliphatic carbocycles. The van der Waals surface area contributed by atoms with Crippen LogP contribution in [-0.4, -0.2) is 53.7 Å². The van der Waals surface area contributed by atoms with E-state index in [2.05, 4.69) is 30.3 Å². The van der Waals surface area contributed by atoms with Gasteiger partial charge in [-0.2, -0.15) is 0 Å². The molecule has 2 heterocycles. The Morgan fingerprint density at radius 1 is 1.09 bits per heavy atom. The van der Waals surface area contributed by atoms with Gasteiger partial charge in [-0.15, -0.1) is 0 Å². The van der Waals surface area contributed by atoms with E-state index in [1.54, 1.807) is 24.4 Å². The SMILES string of the molecule is CCCNS(=O)(=O)c1cc(F)c(Oc2ncccc2-c2ccnc(NC3CCC(NC(=O)OC(C)(C)C)CC3)n2)c(Cl)c1. The van der Waals surface area contributed by atoms with Gasteiger partial charge >= 0.3 is 6.09 Å². The number of amides is 1. The Hall–Kier alpha value is -3.55. The van der Waals surface area contributed by atoms with E-state index in [1.807, 2.05) is 27.7 Å². The number of halogens is 2. The number of anilines is 1. The third-order valence-electron chi connectivity index (χ3n) is 6.51. The molecule has 1 aromatic carbocycles. The number of hydrogen-bond acceptors (Lipinski definition) is 9. The minimum atomic E-state index is -3.93. The Morgan fingerprint density at radius 2 is 1.81 bits per heavy atom. The van der Waals surface area contributed by atoms with E-state index >= 15 is 4.39 Å². The van der Waals surface area contributed by atoms with Gasteiger partial charge in [0.15, 0.2) is 11.6 Å². The number of benzene rings is 1. The summed E-state index contributed by atoms with van der Waals surface area (Å²) in [5.41, 5.74) is 0.375. The highest BCUT2D eigenvalue weighted by Gasteiger charge is 2.26. The number of carbonyl (C=O) groups is 1. The zero-order chi connectivity index (χ0) is 31.2. The van der Waals surface area contributed by atoms with Crippen LogP contribution >= 0.6 is 11.6 Å². The van der Waals surface area contributed by atoms with Crippen molar-refractivity contribution in [1.29, 1.82) is 0 Å². The average Bonchev–Trinajstić information content (AvgIpc) is 2.94. The highest BCUT2D eigenvalue weighted by atomic mass is 35.5. The summed E-state index contributed by atoms with van der Waals surface area (Å²) in [5, 5.41) is 6.06. The van der Waals surface area contributed by atoms with Gasteiger partial charge in [-0.25, -0.2) is 37.3 Å². The lowest BCUT2D eigenvalue weighted by Gasteiger charge is -2.30. The first-order chi connectivity index (χ1) is 20.3. The maximum Gasteiger partial charge on any atom is 0.407 e. The summed E-state index contributed by atoms with van der Waals surface area (Å²) in [5.74, 6) is -0.890. The Bertz CT molecular complexity index is 1520. The molecule has 0 unspecified atom stereocenters. The first kappa shape index (κ1) is 32.4. The number of carbonyl (C=O) groups excluding carboxylic acids is 1. The minimum Gasteiger partial charge on any atom is -0.444 e. The van der Waals surface area contributed by atoms with E-state index in [0.717, 1.165) is 37.8 Å². The summed E-state index contributed by atoms with van der Waals surface area (Å²) in [6.45, 7) is 7.50. The third-order valence-corrected chi connectivity index (χ3v) is 8.23. The summed E-state index contributed by atoms with van der Waals surface area (Å²) in [6.07, 6.45) is 6.38. The van der Waals surface area contributed by atoms with Crippen LogP contribution in [0.25, 0.3) is 11.3 Å². The van der Waals surface area contributed by atoms with Gasteiger partial charge in [0.05, 0.1) is 21.2 Å². The fourth-order valence-corrected chi connectivity index (χ4v) is 5.97. The van der Waals surface area contributed by atoms with Gasteiger partial charge in [0.2, 0.25) is 21.9 Å². The van der Waals surface area contributed by atoms with Crippen molar-refractivity contribution in [3.8, 4) is 22.9 Å². The lowest BCUT2D eigenvalue weighted by Crippen LogP contribution is -2.42. The molecule has 232 valence electrons. The lowest BCUT2D eigenvalue weighted by atomic mass is 9.91. The van der Waals surface area contributed by atoms with Crippen molar-refractivity contribution < 1.29 is 27.1 Å². The molecule has 43 heavy (non-hydrogen) atoms. The molecule has 14 heteroatoms. The van der Waals surface area contributed by atoms with Crippen molar-refractivity contribution in [2.45, 2.75) is 82.4 Å². The Morgan fingerprint density at radius 3 is 2.49 bits per heavy atom. The quantitative estimate of drug-likeness (QED) is 0.242. The number of alkyl carbamates (subject to hydrolysis) is 1. The highest BCUT2D eigenvalue weighted by molar-refractivity contribution is 7.89. The van der Waals surface area contributed by atoms with Crippen molar-refractivity contribution in [3.05, 3.63) is 53.6 Å². The third kappa shape index (κ3) is 8.97. The van der Waals surface area contributed by atoms with Gasteiger partial charge in [0, 0.05) is 31.0 Å². The molecule has 1 fully saturated rings. The van der Waals surface area contributed by atoms with Crippen molar-refractivity contribution in [2.24, 2.45) is 0 Å². The van der Waals surface area contributed by atoms with Gasteiger partial charge in [-0.05, 0) is 83.2 Å². The molecule has 0 radical (unpaired) electrons. The van der Waals surface area contributed by atoms with Crippen LogP contribution in [0.15, 0.2) is 47.6 Å². The molecule has 1 aliphatic rings. The van der Waals surface area contributed by atoms with E-state index in [-0.39, 0.29) is 40.2 Å². The Kier molecular flexibility index (Phi) is 10.4. The molecule has 2 aromatic heterocycles. The highest BCUT2D eigenvalue weighted by Crippen LogP contribution is 2.37. The summed E-state index contributed by atoms with van der Waals surface area (Å²) >= 11 is 6.27. The molecule has 0 atom stereocenters. The fraction of sp³-hybridized carbons (Fsp3) is 0.448. The zero-order valence-corrected chi connectivity index (χ0v) is 26.1. The standard InChI is InChI=1S/C29H36ClFN6O5S/c1-5-13-34-43(39,40)20-16-22(30)25(23(31)17-20)41-26-21(7-6-14-32-26)24-12-15-33-27(37-24)35-18-8-10-19(11-9-18)36-28(38)42-29(2,3)4/h6-7,12,14-19,34H,5,8-11,13H2,1-4H3,(H,36,38)(H,33,35,37). The van der Waals surface area contributed by atoms with Crippen molar-refractivity contribution in [3.63, 3.8) is 0 Å². The normalized spacial score (nSPS) is 17.3. The number of nitrogens with one attached hydrogen (secondary N) is 3. The number of nitrogens with zero attached hydrogens (tertiary/aromatic N) is 3. The summed E-state index contributed by atoms with van der Waals surface area (Å²) in [7, 11) is -3.93. The van der Waals surface area contributed by atoms with Crippen LogP contribution in [0, 0.1) is 5.82 Å². The predicted molar refractivity (Wildman–Crippen MR) is 161 cm³/mol. The van der Waals surface area contributed by atoms with E-state index in [9.17, 15) is 13.2 Å². The number of rotatable bonds is 10. The molecule has 11 nitrogen and oxygen atoms in total. The van der Waals surface area contributed by atoms with Gasteiger partial charge in [0.25, 0.3) is 0 Å². The van der Waals surface area contributed by atoms with Gasteiger partial charge in [0.1, 0.15) is 5.60 Å². The van der Waals surface area contributed by atoms with E-state index in [1.165, 1.54) is 6.20 Å². The molecule has 0 saturated heterocycles. The monoisotopic (exact) mass is 634 g/mol. The van der Waals surface area contributed by atoms with E-state index in [0.29, 0.717) is 23.6 Å². The molecule has 1 saturated carbocycles. The van der Waals surface area contributed by atoms with Gasteiger partial charge in [-0.3, -0.25) is 0 Å². The number of aromatic nitrogens is 3. The Balaban J connectivity index is 1.45. The van der Waals surface area contributed by atoms with Crippen molar-refractivity contribution in [2.75, 3.05) is 11.9 Å². The number of ether oxygens (including phenoxy) is 2. The molecule has 3 aromatic rings. The van der Waals surface area contributed by atoms with Crippen LogP contribution in [0.5, 0.6) is 11.6 Å². The molecular weight excluding hydrogens is 599 g/mol. The largest absolute Gasteiger partial charge is 0.444 e. The number of sulfonamides is 1. The van der Waals surface area contributed by atoms with Crippen LogP contribution in [-0.2, 0) is 14.8 Å². The average molecular weight is 635 g/mol. The molecule has 3 N–H and O–H groups in total. The van der Waals surface area contributed by atoms with Crippen LogP contribution in [0.4, 0.5) is 15.1 Å². The maximum absolute atomic E-state index is 15.1. The van der Waals surface area contributed by atoms with Gasteiger partial charge in [-0.1, -0.05) is 18.5 Å². The summed E-state index contributed by atoms with van der Waals surface area (Å²) in [6, 6.07) is 7.18.